The highest BCUT2D eigenvalue weighted by Gasteiger charge is 2.22. The highest BCUT2D eigenvalue weighted by Crippen LogP contribution is 2.32. The number of hydrogen-bond acceptors (Lipinski definition) is 10. The molecule has 1 aliphatic rings. The summed E-state index contributed by atoms with van der Waals surface area (Å²) < 4.78 is 26.2. The zero-order valence-electron chi connectivity index (χ0n) is 23.2. The Hall–Kier alpha value is -5.37. The molecule has 0 saturated carbocycles. The number of likely N-dealkylation sites (N-methyl/N-ethyl adjacent to an activating group) is 1. The summed E-state index contributed by atoms with van der Waals surface area (Å²) in [5.74, 6) is 0.282. The Bertz CT molecular complexity index is 1780. The van der Waals surface area contributed by atoms with Gasteiger partial charge in [-0.05, 0) is 59.8 Å². The smallest absolute Gasteiger partial charge is 0.251 e. The number of amides is 2. The summed E-state index contributed by atoms with van der Waals surface area (Å²) in [5, 5.41) is 10.3. The fourth-order valence-corrected chi connectivity index (χ4v) is 4.80. The fraction of sp³-hybridized carbons (Fsp3) is 0.241. The molecule has 2 amide bonds. The summed E-state index contributed by atoms with van der Waals surface area (Å²) in [6, 6.07) is 14.1. The number of pyridine rings is 1. The molecular formula is C29H28FN9O4. The van der Waals surface area contributed by atoms with E-state index in [1.165, 1.54) is 18.3 Å². The molecule has 0 atom stereocenters. The van der Waals surface area contributed by atoms with Crippen molar-refractivity contribution in [2.24, 2.45) is 0 Å². The average Bonchev–Trinajstić information content (AvgIpc) is 3.60. The van der Waals surface area contributed by atoms with Crippen LogP contribution in [0.5, 0.6) is 11.6 Å². The van der Waals surface area contributed by atoms with Gasteiger partial charge in [-0.2, -0.15) is 0 Å². The molecule has 3 aromatic heterocycles. The minimum atomic E-state index is -0.395. The maximum atomic E-state index is 13.7. The molecule has 6 rings (SSSR count). The number of carbonyl (C=O) groups excluding carboxylic acids is 2. The number of carbonyl (C=O) groups is 2. The number of nitrogens with zero attached hydrogens (tertiary/aromatic N) is 7. The highest BCUT2D eigenvalue weighted by atomic mass is 19.1. The zero-order chi connectivity index (χ0) is 29.9. The Morgan fingerprint density at radius 3 is 2.60 bits per heavy atom. The van der Waals surface area contributed by atoms with Gasteiger partial charge in [-0.1, -0.05) is 6.07 Å². The van der Waals surface area contributed by atoms with Crippen LogP contribution in [0.1, 0.15) is 16.8 Å². The molecular weight excluding hydrogens is 557 g/mol. The number of fused-ring (bicyclic) bond motifs is 1. The first-order chi connectivity index (χ1) is 20.9. The molecule has 0 aliphatic carbocycles. The molecule has 1 aliphatic heterocycles. The monoisotopic (exact) mass is 585 g/mol. The van der Waals surface area contributed by atoms with E-state index in [2.05, 4.69) is 30.5 Å². The normalized spacial score (nSPS) is 13.8. The first-order valence-corrected chi connectivity index (χ1v) is 13.6. The number of aromatic nitrogens is 5. The topological polar surface area (TPSA) is 158 Å². The molecule has 0 radical (unpaired) electrons. The van der Waals surface area contributed by atoms with Crippen molar-refractivity contribution in [2.75, 3.05) is 45.5 Å². The zero-order valence-corrected chi connectivity index (χ0v) is 23.2. The lowest BCUT2D eigenvalue weighted by atomic mass is 10.2. The van der Waals surface area contributed by atoms with Gasteiger partial charge in [0.2, 0.25) is 11.8 Å². The first-order valence-electron chi connectivity index (χ1n) is 13.6. The third kappa shape index (κ3) is 5.99. The molecule has 0 unspecified atom stereocenters. The van der Waals surface area contributed by atoms with Crippen LogP contribution < -0.4 is 15.8 Å². The molecule has 5 aromatic rings. The van der Waals surface area contributed by atoms with Gasteiger partial charge in [0.1, 0.15) is 17.1 Å². The van der Waals surface area contributed by atoms with E-state index >= 15 is 0 Å². The Morgan fingerprint density at radius 2 is 1.86 bits per heavy atom. The number of hydrogen-bond donors (Lipinski definition) is 2. The van der Waals surface area contributed by atoms with Crippen LogP contribution in [0, 0.1) is 5.82 Å². The van der Waals surface area contributed by atoms with Crippen LogP contribution in [0.25, 0.3) is 28.2 Å². The van der Waals surface area contributed by atoms with E-state index in [4.69, 9.17) is 15.1 Å². The van der Waals surface area contributed by atoms with Gasteiger partial charge in [-0.15, -0.1) is 0 Å². The number of imidazole rings is 1. The van der Waals surface area contributed by atoms with Gasteiger partial charge >= 0.3 is 0 Å². The van der Waals surface area contributed by atoms with Crippen molar-refractivity contribution in [1.82, 2.24) is 40.0 Å². The SMILES string of the molecule is CN1CCN(C(=O)CCNC(=O)c2cccc(Oc3cc4c(cn3)nc(-c3nonc3N)n4-c3ccc(F)cc3)c2)CC1. The summed E-state index contributed by atoms with van der Waals surface area (Å²) in [4.78, 5) is 38.3. The van der Waals surface area contributed by atoms with Gasteiger partial charge in [0, 0.05) is 56.5 Å². The number of halogens is 1. The van der Waals surface area contributed by atoms with Crippen molar-refractivity contribution in [3.05, 3.63) is 72.2 Å². The lowest BCUT2D eigenvalue weighted by Gasteiger charge is -2.32. The molecule has 14 heteroatoms. The molecule has 1 fully saturated rings. The van der Waals surface area contributed by atoms with Crippen LogP contribution in [0.4, 0.5) is 10.2 Å². The van der Waals surface area contributed by atoms with E-state index in [0.717, 1.165) is 13.1 Å². The minimum absolute atomic E-state index is 0.0255. The predicted molar refractivity (Wildman–Crippen MR) is 154 cm³/mol. The van der Waals surface area contributed by atoms with Gasteiger partial charge in [0.25, 0.3) is 5.91 Å². The maximum absolute atomic E-state index is 13.7. The first kappa shape index (κ1) is 27.8. The average molecular weight is 586 g/mol. The fourth-order valence-electron chi connectivity index (χ4n) is 4.80. The lowest BCUT2D eigenvalue weighted by molar-refractivity contribution is -0.132. The van der Waals surface area contributed by atoms with Crippen molar-refractivity contribution < 1.29 is 23.3 Å². The van der Waals surface area contributed by atoms with E-state index < -0.39 is 5.82 Å². The molecule has 220 valence electrons. The van der Waals surface area contributed by atoms with Gasteiger partial charge in [-0.25, -0.2) is 19.0 Å². The van der Waals surface area contributed by atoms with Crippen molar-refractivity contribution >= 4 is 28.7 Å². The van der Waals surface area contributed by atoms with E-state index in [-0.39, 0.29) is 42.2 Å². The minimum Gasteiger partial charge on any atom is -0.439 e. The third-order valence-electron chi connectivity index (χ3n) is 7.13. The van der Waals surface area contributed by atoms with E-state index in [1.807, 2.05) is 11.9 Å². The van der Waals surface area contributed by atoms with E-state index in [1.54, 1.807) is 47.0 Å². The Labute approximate surface area is 245 Å². The van der Waals surface area contributed by atoms with Gasteiger partial charge in [0.15, 0.2) is 17.3 Å². The van der Waals surface area contributed by atoms with Crippen molar-refractivity contribution in [3.8, 4) is 28.8 Å². The van der Waals surface area contributed by atoms with Crippen LogP contribution in [0.3, 0.4) is 0 Å². The summed E-state index contributed by atoms with van der Waals surface area (Å²) in [6.45, 7) is 3.31. The molecule has 0 bridgehead atoms. The molecule has 13 nitrogen and oxygen atoms in total. The largest absolute Gasteiger partial charge is 0.439 e. The second-order valence-corrected chi connectivity index (χ2v) is 10.1. The van der Waals surface area contributed by atoms with E-state index in [0.29, 0.717) is 46.9 Å². The van der Waals surface area contributed by atoms with Gasteiger partial charge in [0.05, 0.1) is 11.7 Å². The lowest BCUT2D eigenvalue weighted by Crippen LogP contribution is -2.47. The third-order valence-corrected chi connectivity index (χ3v) is 7.13. The second kappa shape index (κ2) is 11.9. The van der Waals surface area contributed by atoms with Crippen LogP contribution in [-0.2, 0) is 4.79 Å². The number of nitrogens with two attached hydrogens (primary N) is 1. The summed E-state index contributed by atoms with van der Waals surface area (Å²) in [5.41, 5.74) is 8.19. The summed E-state index contributed by atoms with van der Waals surface area (Å²) >= 11 is 0. The summed E-state index contributed by atoms with van der Waals surface area (Å²) in [7, 11) is 2.03. The Morgan fingerprint density at radius 1 is 1.07 bits per heavy atom. The second-order valence-electron chi connectivity index (χ2n) is 10.1. The molecule has 43 heavy (non-hydrogen) atoms. The highest BCUT2D eigenvalue weighted by molar-refractivity contribution is 5.94. The quantitative estimate of drug-likeness (QED) is 0.277. The van der Waals surface area contributed by atoms with Crippen LogP contribution in [0.15, 0.2) is 65.4 Å². The molecule has 3 N–H and O–H groups in total. The Balaban J connectivity index is 1.19. The van der Waals surface area contributed by atoms with E-state index in [9.17, 15) is 14.0 Å². The number of anilines is 1. The number of rotatable bonds is 8. The van der Waals surface area contributed by atoms with Crippen LogP contribution in [0.2, 0.25) is 0 Å². The molecule has 1 saturated heterocycles. The molecule has 0 spiro atoms. The number of ether oxygens (including phenoxy) is 1. The molecule has 2 aromatic carbocycles. The molecule has 4 heterocycles. The van der Waals surface area contributed by atoms with Crippen LogP contribution in [-0.4, -0.2) is 86.2 Å². The number of nitrogen functional groups attached to an aromatic ring is 1. The van der Waals surface area contributed by atoms with Crippen LogP contribution >= 0.6 is 0 Å². The maximum Gasteiger partial charge on any atom is 0.251 e. The summed E-state index contributed by atoms with van der Waals surface area (Å²) in [6.07, 6.45) is 1.75. The Kier molecular flexibility index (Phi) is 7.66. The number of benzene rings is 2. The number of nitrogens with one attached hydrogen (secondary N) is 1. The van der Waals surface area contributed by atoms with Crippen molar-refractivity contribution in [1.29, 1.82) is 0 Å². The van der Waals surface area contributed by atoms with Crippen molar-refractivity contribution in [3.63, 3.8) is 0 Å². The van der Waals surface area contributed by atoms with Crippen molar-refractivity contribution in [2.45, 2.75) is 6.42 Å². The predicted octanol–water partition coefficient (Wildman–Crippen LogP) is 2.88. The van der Waals surface area contributed by atoms with Gasteiger partial charge in [-0.3, -0.25) is 14.2 Å². The number of piperazine rings is 1. The van der Waals surface area contributed by atoms with Gasteiger partial charge < -0.3 is 25.6 Å². The standard InChI is InChI=1S/C29H28FN9O4/c1-37-11-13-38(14-12-37)25(40)9-10-32-29(41)18-3-2-4-21(15-18)42-24-16-23-22(17-33-24)34-28(26-27(31)36-43-35-26)39(23)20-7-5-19(30)6-8-20/h2-8,15-17H,9-14H2,1H3,(H2,31,36)(H,32,41).